The van der Waals surface area contributed by atoms with Crippen LogP contribution < -0.4 is 0 Å². The molecule has 0 aliphatic heterocycles. The molecule has 1 unspecified atom stereocenters. The molecule has 1 aromatic rings. The molecule has 0 bridgehead atoms. The molecule has 26 heavy (non-hydrogen) atoms. The molecule has 3 saturated carbocycles. The van der Waals surface area contributed by atoms with E-state index in [4.69, 9.17) is 4.74 Å². The number of rotatable bonds is 6. The Bertz CT molecular complexity index is 607. The Balaban J connectivity index is 1.35. The first-order chi connectivity index (χ1) is 12.6. The van der Waals surface area contributed by atoms with Crippen LogP contribution in [0.5, 0.6) is 0 Å². The smallest absolute Gasteiger partial charge is 0.337 e. The third-order valence-electron chi connectivity index (χ3n) is 6.47. The predicted octanol–water partition coefficient (Wildman–Crippen LogP) is 5.98. The van der Waals surface area contributed by atoms with Crippen molar-refractivity contribution >= 4 is 17.7 Å². The van der Waals surface area contributed by atoms with Crippen LogP contribution in [0.3, 0.4) is 0 Å². The molecule has 0 aromatic heterocycles. The number of carboxylic acid groups (broad SMARTS) is 1. The van der Waals surface area contributed by atoms with Crippen molar-refractivity contribution in [3.8, 4) is 0 Å². The summed E-state index contributed by atoms with van der Waals surface area (Å²) >= 11 is 1.90. The van der Waals surface area contributed by atoms with Gasteiger partial charge in [0.15, 0.2) is 6.10 Å². The maximum atomic E-state index is 11.8. The number of hydrogen-bond acceptors (Lipinski definition) is 3. The molecule has 3 aliphatic carbocycles. The summed E-state index contributed by atoms with van der Waals surface area (Å²) in [7, 11) is 0. The van der Waals surface area contributed by atoms with E-state index in [1.807, 2.05) is 23.9 Å². The van der Waals surface area contributed by atoms with E-state index in [1.54, 1.807) is 0 Å². The summed E-state index contributed by atoms with van der Waals surface area (Å²) in [6, 6.07) is 7.98. The lowest BCUT2D eigenvalue weighted by atomic mass is 9.65. The predicted molar refractivity (Wildman–Crippen MR) is 105 cm³/mol. The molecule has 1 N–H and O–H groups in total. The van der Waals surface area contributed by atoms with Crippen molar-refractivity contribution in [2.24, 2.45) is 5.41 Å². The largest absolute Gasteiger partial charge is 0.479 e. The summed E-state index contributed by atoms with van der Waals surface area (Å²) in [5.41, 5.74) is 1.31. The molecule has 1 spiro atoms. The van der Waals surface area contributed by atoms with E-state index in [0.29, 0.717) is 5.41 Å². The van der Waals surface area contributed by atoms with Gasteiger partial charge in [-0.15, -0.1) is 11.8 Å². The number of carbonyl (C=O) groups is 1. The summed E-state index contributed by atoms with van der Waals surface area (Å²) in [4.78, 5) is 13.0. The van der Waals surface area contributed by atoms with E-state index in [0.717, 1.165) is 23.7 Å². The van der Waals surface area contributed by atoms with E-state index >= 15 is 0 Å². The lowest BCUT2D eigenvalue weighted by molar-refractivity contribution is -0.157. The van der Waals surface area contributed by atoms with Crippen LogP contribution in [0.1, 0.15) is 82.3 Å². The van der Waals surface area contributed by atoms with Gasteiger partial charge in [0.1, 0.15) is 0 Å². The van der Waals surface area contributed by atoms with Gasteiger partial charge in [0.25, 0.3) is 0 Å². The van der Waals surface area contributed by atoms with Crippen LogP contribution in [-0.2, 0) is 9.53 Å². The Morgan fingerprint density at radius 2 is 1.65 bits per heavy atom. The van der Waals surface area contributed by atoms with Crippen molar-refractivity contribution < 1.29 is 14.6 Å². The second kappa shape index (κ2) is 7.93. The number of carboxylic acids is 1. The first-order valence-electron chi connectivity index (χ1n) is 10.3. The lowest BCUT2D eigenvalue weighted by Gasteiger charge is -2.43. The van der Waals surface area contributed by atoms with E-state index < -0.39 is 12.1 Å². The number of thioether (sulfide) groups is 1. The fourth-order valence-corrected chi connectivity index (χ4v) is 5.76. The zero-order valence-electron chi connectivity index (χ0n) is 15.5. The Hall–Kier alpha value is -1.00. The van der Waals surface area contributed by atoms with Crippen molar-refractivity contribution in [2.45, 2.75) is 93.0 Å². The van der Waals surface area contributed by atoms with Crippen molar-refractivity contribution in [2.75, 3.05) is 0 Å². The van der Waals surface area contributed by atoms with Gasteiger partial charge in [-0.2, -0.15) is 0 Å². The average molecular weight is 375 g/mol. The molecule has 0 heterocycles. The van der Waals surface area contributed by atoms with Crippen molar-refractivity contribution in [3.63, 3.8) is 0 Å². The fraction of sp³-hybridized carbons (Fsp3) is 0.682. The standard InChI is InChI=1S/C22H30O3S/c23-21(24)20(16-4-6-18(7-5-16)26-19-8-9-19)25-17-10-14-22(15-11-17)12-2-1-3-13-22/h4-7,17,19-20H,1-3,8-15H2,(H,23,24). The van der Waals surface area contributed by atoms with E-state index in [-0.39, 0.29) is 6.10 Å². The fourth-order valence-electron chi connectivity index (χ4n) is 4.71. The summed E-state index contributed by atoms with van der Waals surface area (Å²) in [6.45, 7) is 0. The Morgan fingerprint density at radius 1 is 1.00 bits per heavy atom. The molecular formula is C22H30O3S. The minimum absolute atomic E-state index is 0.0872. The average Bonchev–Trinajstić information content (AvgIpc) is 3.47. The first-order valence-corrected chi connectivity index (χ1v) is 11.2. The van der Waals surface area contributed by atoms with Crippen molar-refractivity contribution in [3.05, 3.63) is 29.8 Å². The molecule has 0 radical (unpaired) electrons. The minimum atomic E-state index is -0.870. The topological polar surface area (TPSA) is 46.5 Å². The summed E-state index contributed by atoms with van der Waals surface area (Å²) in [5, 5.41) is 10.5. The van der Waals surface area contributed by atoms with Crippen LogP contribution >= 0.6 is 11.8 Å². The van der Waals surface area contributed by atoms with Crippen LogP contribution in [0.25, 0.3) is 0 Å². The highest BCUT2D eigenvalue weighted by Crippen LogP contribution is 2.48. The third kappa shape index (κ3) is 4.45. The van der Waals surface area contributed by atoms with Gasteiger partial charge in [-0.1, -0.05) is 31.4 Å². The molecule has 3 aliphatic rings. The van der Waals surface area contributed by atoms with Gasteiger partial charge < -0.3 is 9.84 Å². The quantitative estimate of drug-likeness (QED) is 0.665. The van der Waals surface area contributed by atoms with Crippen molar-refractivity contribution in [1.29, 1.82) is 0 Å². The molecule has 3 fully saturated rings. The van der Waals surface area contributed by atoms with E-state index in [1.165, 1.54) is 62.7 Å². The van der Waals surface area contributed by atoms with Crippen LogP contribution in [0, 0.1) is 5.41 Å². The van der Waals surface area contributed by atoms with Gasteiger partial charge in [-0.3, -0.25) is 0 Å². The molecule has 0 amide bonds. The van der Waals surface area contributed by atoms with Crippen LogP contribution in [0.4, 0.5) is 0 Å². The van der Waals surface area contributed by atoms with Crippen LogP contribution in [-0.4, -0.2) is 22.4 Å². The number of benzene rings is 1. The Labute approximate surface area is 160 Å². The second-order valence-electron chi connectivity index (χ2n) is 8.50. The first kappa shape index (κ1) is 18.4. The van der Waals surface area contributed by atoms with Gasteiger partial charge in [0.2, 0.25) is 0 Å². The van der Waals surface area contributed by atoms with E-state index in [9.17, 15) is 9.90 Å². The summed E-state index contributed by atoms with van der Waals surface area (Å²) in [6.07, 6.45) is 13.2. The zero-order valence-corrected chi connectivity index (χ0v) is 16.3. The maximum absolute atomic E-state index is 11.8. The Kier molecular flexibility index (Phi) is 5.61. The minimum Gasteiger partial charge on any atom is -0.479 e. The molecule has 142 valence electrons. The van der Waals surface area contributed by atoms with Gasteiger partial charge in [-0.05, 0) is 74.5 Å². The molecule has 1 aromatic carbocycles. The van der Waals surface area contributed by atoms with Crippen LogP contribution in [0.2, 0.25) is 0 Å². The summed E-state index contributed by atoms with van der Waals surface area (Å²) in [5.74, 6) is -0.870. The molecule has 4 heteroatoms. The zero-order chi connectivity index (χ0) is 18.0. The normalized spacial score (nSPS) is 24.5. The van der Waals surface area contributed by atoms with E-state index in [2.05, 4.69) is 12.1 Å². The highest BCUT2D eigenvalue weighted by atomic mass is 32.2. The lowest BCUT2D eigenvalue weighted by Crippen LogP contribution is -2.34. The molecule has 3 nitrogen and oxygen atoms in total. The molecular weight excluding hydrogens is 344 g/mol. The highest BCUT2D eigenvalue weighted by Gasteiger charge is 2.37. The Morgan fingerprint density at radius 3 is 2.23 bits per heavy atom. The van der Waals surface area contributed by atoms with Gasteiger partial charge >= 0.3 is 5.97 Å². The number of ether oxygens (including phenoxy) is 1. The molecule has 1 atom stereocenters. The highest BCUT2D eigenvalue weighted by molar-refractivity contribution is 8.00. The van der Waals surface area contributed by atoms with Gasteiger partial charge in [-0.25, -0.2) is 4.79 Å². The van der Waals surface area contributed by atoms with Crippen LogP contribution in [0.15, 0.2) is 29.2 Å². The second-order valence-corrected chi connectivity index (χ2v) is 9.87. The molecule has 0 saturated heterocycles. The maximum Gasteiger partial charge on any atom is 0.337 e. The van der Waals surface area contributed by atoms with Gasteiger partial charge in [0, 0.05) is 10.1 Å². The monoisotopic (exact) mass is 374 g/mol. The van der Waals surface area contributed by atoms with Gasteiger partial charge in [0.05, 0.1) is 6.10 Å². The van der Waals surface area contributed by atoms with Crippen molar-refractivity contribution in [1.82, 2.24) is 0 Å². The number of aliphatic carboxylic acids is 1. The number of hydrogen-bond donors (Lipinski definition) is 1. The SMILES string of the molecule is O=C(O)C(OC1CCC2(CCCCC2)CC1)c1ccc(SC2CC2)cc1. The molecule has 4 rings (SSSR count). The third-order valence-corrected chi connectivity index (χ3v) is 7.82. The summed E-state index contributed by atoms with van der Waals surface area (Å²) < 4.78 is 6.10.